The highest BCUT2D eigenvalue weighted by Crippen LogP contribution is 2.42. The number of hydrogen-bond acceptors (Lipinski definition) is 6. The first-order chi connectivity index (χ1) is 18.5. The van der Waals surface area contributed by atoms with Crippen molar-refractivity contribution in [3.8, 4) is 0 Å². The van der Waals surface area contributed by atoms with Gasteiger partial charge in [0, 0.05) is 22.4 Å². The van der Waals surface area contributed by atoms with Crippen molar-refractivity contribution >= 4 is 31.5 Å². The van der Waals surface area contributed by atoms with Gasteiger partial charge in [-0.2, -0.15) is 0 Å². The Morgan fingerprint density at radius 3 is 2.25 bits per heavy atom. The predicted octanol–water partition coefficient (Wildman–Crippen LogP) is 8.76. The van der Waals surface area contributed by atoms with Gasteiger partial charge < -0.3 is 14.4 Å². The Bertz CT molecular complexity index is 1020. The Balaban J connectivity index is 3.64. The molecule has 0 aliphatic heterocycles. The van der Waals surface area contributed by atoms with Crippen LogP contribution in [0.2, 0.25) is 18.1 Å². The van der Waals surface area contributed by atoms with Crippen LogP contribution >= 0.6 is 11.3 Å². The Morgan fingerprint density at radius 1 is 1.18 bits per heavy atom. The van der Waals surface area contributed by atoms with Crippen molar-refractivity contribution in [2.45, 2.75) is 137 Å². The molecule has 40 heavy (non-hydrogen) atoms. The van der Waals surface area contributed by atoms with Crippen LogP contribution in [0.15, 0.2) is 5.11 Å². The molecule has 1 aromatic rings. The molecule has 1 N–H and O–H groups in total. The van der Waals surface area contributed by atoms with Crippen LogP contribution in [0, 0.1) is 18.8 Å². The highest BCUT2D eigenvalue weighted by molar-refractivity contribution is 7.12. The minimum Gasteiger partial charge on any atom is -0.476 e. The van der Waals surface area contributed by atoms with Gasteiger partial charge in [0.25, 0.3) is 0 Å². The minimum absolute atomic E-state index is 0.0534. The summed E-state index contributed by atoms with van der Waals surface area (Å²) >= 11 is 1.36. The molecule has 9 nitrogen and oxygen atoms in total. The smallest absolute Gasteiger partial charge is 0.355 e. The van der Waals surface area contributed by atoms with E-state index in [4.69, 9.17) is 4.43 Å². The molecule has 0 unspecified atom stereocenters. The molecule has 0 spiro atoms. The summed E-state index contributed by atoms with van der Waals surface area (Å²) in [6.07, 6.45) is 4.80. The number of unbranched alkanes of at least 4 members (excludes halogenated alkanes) is 3. The maximum absolute atomic E-state index is 14.1. The van der Waals surface area contributed by atoms with Crippen molar-refractivity contribution in [1.29, 1.82) is 0 Å². The quantitative estimate of drug-likeness (QED) is 0.0633. The van der Waals surface area contributed by atoms with Crippen molar-refractivity contribution in [1.82, 2.24) is 9.88 Å². The Labute approximate surface area is 246 Å². The van der Waals surface area contributed by atoms with Gasteiger partial charge in [0.2, 0.25) is 5.91 Å². The summed E-state index contributed by atoms with van der Waals surface area (Å²) in [5.74, 6) is -1.20. The molecule has 0 radical (unpaired) electrons. The molecule has 4 atom stereocenters. The highest BCUT2D eigenvalue weighted by Gasteiger charge is 2.42. The van der Waals surface area contributed by atoms with Gasteiger partial charge in [-0.15, -0.1) is 11.3 Å². The van der Waals surface area contributed by atoms with Gasteiger partial charge in [-0.1, -0.05) is 86.2 Å². The van der Waals surface area contributed by atoms with Gasteiger partial charge in [-0.3, -0.25) is 4.79 Å². The number of carboxylic acids is 1. The van der Waals surface area contributed by atoms with Crippen molar-refractivity contribution < 1.29 is 19.1 Å². The molecule has 1 rings (SSSR count). The van der Waals surface area contributed by atoms with Gasteiger partial charge in [-0.25, -0.2) is 9.78 Å². The van der Waals surface area contributed by atoms with Crippen LogP contribution in [-0.4, -0.2) is 53.8 Å². The third-order valence-electron chi connectivity index (χ3n) is 8.31. The lowest BCUT2D eigenvalue weighted by molar-refractivity contribution is -0.138. The molecule has 11 heteroatoms. The third kappa shape index (κ3) is 9.85. The Kier molecular flexibility index (Phi) is 14.3. The number of nitrogens with zero attached hydrogens (tertiary/aromatic N) is 5. The first-order valence-electron chi connectivity index (χ1n) is 14.7. The second kappa shape index (κ2) is 15.9. The maximum atomic E-state index is 14.1. The van der Waals surface area contributed by atoms with Crippen molar-refractivity contribution in [2.24, 2.45) is 17.0 Å². The normalized spacial score (nSPS) is 15.3. The van der Waals surface area contributed by atoms with Crippen molar-refractivity contribution in [3.05, 3.63) is 26.0 Å². The van der Waals surface area contributed by atoms with Gasteiger partial charge in [0.05, 0.1) is 6.10 Å². The summed E-state index contributed by atoms with van der Waals surface area (Å²) in [6, 6.07) is -0.982. The first-order valence-corrected chi connectivity index (χ1v) is 18.5. The number of carbonyl (C=O) groups is 2. The van der Waals surface area contributed by atoms with E-state index in [1.165, 1.54) is 11.3 Å². The van der Waals surface area contributed by atoms with E-state index in [0.29, 0.717) is 22.9 Å². The zero-order valence-corrected chi connectivity index (χ0v) is 28.5. The van der Waals surface area contributed by atoms with Crippen molar-refractivity contribution in [2.75, 3.05) is 6.54 Å². The van der Waals surface area contributed by atoms with Crippen LogP contribution in [0.5, 0.6) is 0 Å². The second-order valence-corrected chi connectivity index (χ2v) is 18.8. The van der Waals surface area contributed by atoms with Crippen molar-refractivity contribution in [3.63, 3.8) is 0 Å². The topological polar surface area (TPSA) is 128 Å². The highest BCUT2D eigenvalue weighted by atomic mass is 32.1. The number of aromatic carboxylic acids is 1. The minimum atomic E-state index is -2.29. The molecule has 0 saturated carbocycles. The number of aromatic nitrogens is 1. The summed E-state index contributed by atoms with van der Waals surface area (Å²) in [7, 11) is -2.29. The standard InChI is InChI=1S/C29H53N5O4SSi/c1-12-14-15-16-17-34(27(35)24(32-33-30)20(5)13-2)22(19(3)4)18-23(38-40(10,11)29(7,8)9)26-31-25(28(36)37)21(6)39-26/h19-20,22-24H,12-18H2,1-11H3,(H,36,37)/t20-,22+,23+,24-/m0/s1. The number of thiazole rings is 1. The average Bonchev–Trinajstić information content (AvgIpc) is 3.25. The van der Waals surface area contributed by atoms with E-state index < -0.39 is 26.4 Å². The number of azide groups is 1. The summed E-state index contributed by atoms with van der Waals surface area (Å²) < 4.78 is 6.94. The lowest BCUT2D eigenvalue weighted by Crippen LogP contribution is -2.50. The summed E-state index contributed by atoms with van der Waals surface area (Å²) in [5, 5.41) is 14.2. The molecule has 0 fully saturated rings. The number of carbonyl (C=O) groups excluding carboxylic acids is 1. The van der Waals surface area contributed by atoms with Crippen LogP contribution in [0.1, 0.15) is 120 Å². The van der Waals surface area contributed by atoms with Gasteiger partial charge in [0.15, 0.2) is 14.0 Å². The molecule has 0 bridgehead atoms. The molecule has 1 aromatic heterocycles. The fourth-order valence-corrected chi connectivity index (χ4v) is 6.78. The monoisotopic (exact) mass is 595 g/mol. The largest absolute Gasteiger partial charge is 0.476 e. The molecule has 0 saturated heterocycles. The van der Waals surface area contributed by atoms with E-state index in [2.05, 4.69) is 69.6 Å². The van der Waals surface area contributed by atoms with E-state index in [1.54, 1.807) is 6.92 Å². The predicted molar refractivity (Wildman–Crippen MR) is 166 cm³/mol. The molecule has 0 aliphatic rings. The first kappa shape index (κ1) is 36.1. The lowest BCUT2D eigenvalue weighted by atomic mass is 9.92. The molecule has 228 valence electrons. The summed E-state index contributed by atoms with van der Waals surface area (Å²) in [5.41, 5.74) is 9.35. The van der Waals surface area contributed by atoms with Gasteiger partial charge >= 0.3 is 5.97 Å². The second-order valence-electron chi connectivity index (χ2n) is 12.8. The molecular formula is C29H53N5O4SSi. The van der Waals surface area contributed by atoms with Crippen LogP contribution in [0.3, 0.4) is 0 Å². The molecular weight excluding hydrogens is 543 g/mol. The number of carboxylic acid groups (broad SMARTS) is 1. The SMILES string of the molecule is CCCCCCN(C(=O)[C@@H](N=[N+]=[N-])[C@@H](C)CC)[C@H](C[C@@H](O[Si](C)(C)C(C)(C)C)c1nc(C(=O)O)c(C)s1)C(C)C. The van der Waals surface area contributed by atoms with Crippen LogP contribution in [0.25, 0.3) is 10.4 Å². The van der Waals surface area contributed by atoms with Crippen LogP contribution < -0.4 is 0 Å². The molecule has 0 aromatic carbocycles. The zero-order valence-electron chi connectivity index (χ0n) is 26.7. The van der Waals surface area contributed by atoms with Crippen LogP contribution in [0.4, 0.5) is 0 Å². The number of rotatable bonds is 17. The lowest BCUT2D eigenvalue weighted by Gasteiger charge is -2.42. The number of amides is 1. The number of aryl methyl sites for hydroxylation is 1. The van der Waals surface area contributed by atoms with E-state index in [9.17, 15) is 20.2 Å². The van der Waals surface area contributed by atoms with Gasteiger partial charge in [-0.05, 0) is 55.3 Å². The summed E-state index contributed by atoms with van der Waals surface area (Å²) in [4.78, 5) is 36.1. The van der Waals surface area contributed by atoms with E-state index in [1.807, 2.05) is 18.7 Å². The molecule has 1 heterocycles. The average molecular weight is 596 g/mol. The Morgan fingerprint density at radius 2 is 1.80 bits per heavy atom. The molecule has 0 aliphatic carbocycles. The zero-order chi connectivity index (χ0) is 30.8. The van der Waals surface area contributed by atoms with E-state index >= 15 is 0 Å². The fraction of sp³-hybridized carbons (Fsp3) is 0.828. The number of hydrogen-bond donors (Lipinski definition) is 1. The maximum Gasteiger partial charge on any atom is 0.355 e. The summed E-state index contributed by atoms with van der Waals surface area (Å²) in [6.45, 7) is 23.5. The Hall–Kier alpha value is -1.94. The van der Waals surface area contributed by atoms with Crippen LogP contribution in [-0.2, 0) is 9.22 Å². The molecule has 1 amide bonds. The van der Waals surface area contributed by atoms with Gasteiger partial charge in [0.1, 0.15) is 11.0 Å². The third-order valence-corrected chi connectivity index (χ3v) is 13.9. The van der Waals surface area contributed by atoms with E-state index in [0.717, 1.165) is 32.1 Å². The fourth-order valence-electron chi connectivity index (χ4n) is 4.47. The van der Waals surface area contributed by atoms with E-state index in [-0.39, 0.29) is 34.5 Å².